The molecule has 4 nitrogen and oxygen atoms in total. The third-order valence-corrected chi connectivity index (χ3v) is 4.71. The summed E-state index contributed by atoms with van der Waals surface area (Å²) in [5.41, 5.74) is 0.954. The fourth-order valence-corrected chi connectivity index (χ4v) is 3.18. The van der Waals surface area contributed by atoms with E-state index < -0.39 is 5.03 Å². The molecule has 2 saturated carbocycles. The molecule has 0 aliphatic heterocycles. The van der Waals surface area contributed by atoms with Gasteiger partial charge in [0.05, 0.1) is 10.8 Å². The quantitative estimate of drug-likeness (QED) is 0.478. The van der Waals surface area contributed by atoms with Crippen LogP contribution in [0.1, 0.15) is 40.0 Å². The molecule has 2 fully saturated rings. The summed E-state index contributed by atoms with van der Waals surface area (Å²) in [5, 5.41) is 13.4. The summed E-state index contributed by atoms with van der Waals surface area (Å²) < 4.78 is 0. The second-order valence-corrected chi connectivity index (χ2v) is 5.28. The zero-order chi connectivity index (χ0) is 10.6. The van der Waals surface area contributed by atoms with Gasteiger partial charge in [-0.15, -0.1) is 0 Å². The SMILES string of the molecule is CC12CCC(C/C1=N\[N+](=O)[O-])C2(C)C. The predicted octanol–water partition coefficient (Wildman–Crippen LogP) is 2.47. The first-order valence-electron chi connectivity index (χ1n) is 5.10. The van der Waals surface area contributed by atoms with Crippen molar-refractivity contribution in [3.8, 4) is 0 Å². The van der Waals surface area contributed by atoms with Gasteiger partial charge in [0.15, 0.2) is 5.03 Å². The van der Waals surface area contributed by atoms with Crippen molar-refractivity contribution in [1.82, 2.24) is 0 Å². The molecule has 78 valence electrons. The van der Waals surface area contributed by atoms with Gasteiger partial charge < -0.3 is 0 Å². The first-order valence-corrected chi connectivity index (χ1v) is 5.10. The Bertz CT molecular complexity index is 322. The maximum absolute atomic E-state index is 10.4. The Hall–Kier alpha value is -0.930. The van der Waals surface area contributed by atoms with Gasteiger partial charge in [-0.1, -0.05) is 20.8 Å². The van der Waals surface area contributed by atoms with Crippen LogP contribution in [0.3, 0.4) is 0 Å². The molecule has 0 aromatic heterocycles. The lowest BCUT2D eigenvalue weighted by molar-refractivity contribution is -0.485. The van der Waals surface area contributed by atoms with Crippen molar-refractivity contribution < 1.29 is 5.03 Å². The zero-order valence-electron chi connectivity index (χ0n) is 8.91. The van der Waals surface area contributed by atoms with Crippen molar-refractivity contribution in [3.63, 3.8) is 0 Å². The van der Waals surface area contributed by atoms with E-state index in [1.54, 1.807) is 0 Å². The highest BCUT2D eigenvalue weighted by atomic mass is 16.7. The number of hydrogen-bond acceptors (Lipinski definition) is 2. The zero-order valence-corrected chi connectivity index (χ0v) is 8.91. The van der Waals surface area contributed by atoms with Crippen LogP contribution in [0.15, 0.2) is 5.10 Å². The highest BCUT2D eigenvalue weighted by Crippen LogP contribution is 2.63. The lowest BCUT2D eigenvalue weighted by Crippen LogP contribution is -2.32. The molecule has 0 heterocycles. The minimum atomic E-state index is -0.544. The van der Waals surface area contributed by atoms with E-state index in [-0.39, 0.29) is 10.8 Å². The maximum atomic E-state index is 10.4. The van der Waals surface area contributed by atoms with Crippen LogP contribution in [0, 0.1) is 26.9 Å². The molecule has 0 radical (unpaired) electrons. The molecule has 0 N–H and O–H groups in total. The summed E-state index contributed by atoms with van der Waals surface area (Å²) in [6, 6.07) is 0. The molecule has 2 bridgehead atoms. The van der Waals surface area contributed by atoms with Gasteiger partial charge in [-0.05, 0) is 30.6 Å². The second kappa shape index (κ2) is 2.55. The first kappa shape index (κ1) is 9.62. The Balaban J connectivity index is 2.41. The van der Waals surface area contributed by atoms with Crippen LogP contribution < -0.4 is 0 Å². The maximum Gasteiger partial charge on any atom is 0.190 e. The molecule has 2 unspecified atom stereocenters. The summed E-state index contributed by atoms with van der Waals surface area (Å²) in [5.74, 6) is 0.589. The summed E-state index contributed by atoms with van der Waals surface area (Å²) >= 11 is 0. The van der Waals surface area contributed by atoms with Gasteiger partial charge in [-0.25, -0.2) is 10.1 Å². The van der Waals surface area contributed by atoms with Gasteiger partial charge in [-0.2, -0.15) is 0 Å². The lowest BCUT2D eigenvalue weighted by Gasteiger charge is -2.33. The summed E-state index contributed by atoms with van der Waals surface area (Å²) in [6.45, 7) is 6.56. The lowest BCUT2D eigenvalue weighted by atomic mass is 9.70. The molecule has 0 spiro atoms. The van der Waals surface area contributed by atoms with E-state index in [9.17, 15) is 10.1 Å². The number of nitrogens with zero attached hydrogens (tertiary/aromatic N) is 2. The molecule has 4 heteroatoms. The Morgan fingerprint density at radius 3 is 2.50 bits per heavy atom. The minimum Gasteiger partial charge on any atom is -0.233 e. The molecule has 14 heavy (non-hydrogen) atoms. The van der Waals surface area contributed by atoms with Crippen LogP contribution in [0.5, 0.6) is 0 Å². The normalized spacial score (nSPS) is 41.9. The van der Waals surface area contributed by atoms with Gasteiger partial charge in [0.2, 0.25) is 0 Å². The topological polar surface area (TPSA) is 55.5 Å². The Labute approximate surface area is 83.5 Å². The van der Waals surface area contributed by atoms with Gasteiger partial charge >= 0.3 is 0 Å². The fraction of sp³-hybridized carbons (Fsp3) is 0.900. The van der Waals surface area contributed by atoms with Crippen molar-refractivity contribution in [2.45, 2.75) is 40.0 Å². The molecule has 2 atom stereocenters. The summed E-state index contributed by atoms with van der Waals surface area (Å²) in [4.78, 5) is 10.4. The van der Waals surface area contributed by atoms with Gasteiger partial charge in [0, 0.05) is 5.41 Å². The number of hydrazone groups is 1. The molecule has 0 saturated heterocycles. The van der Waals surface area contributed by atoms with Gasteiger partial charge in [0.25, 0.3) is 0 Å². The predicted molar refractivity (Wildman–Crippen MR) is 53.7 cm³/mol. The first-order chi connectivity index (χ1) is 6.38. The number of rotatable bonds is 1. The molecule has 2 aliphatic rings. The average molecular weight is 196 g/mol. The van der Waals surface area contributed by atoms with Crippen molar-refractivity contribution in [2.24, 2.45) is 21.8 Å². The van der Waals surface area contributed by atoms with Crippen LogP contribution in [0.4, 0.5) is 0 Å². The van der Waals surface area contributed by atoms with E-state index in [4.69, 9.17) is 0 Å². The van der Waals surface area contributed by atoms with Crippen LogP contribution in [0.2, 0.25) is 0 Å². The summed E-state index contributed by atoms with van der Waals surface area (Å²) in [6.07, 6.45) is 3.07. The van der Waals surface area contributed by atoms with Crippen LogP contribution >= 0.6 is 0 Å². The van der Waals surface area contributed by atoms with E-state index >= 15 is 0 Å². The smallest absolute Gasteiger partial charge is 0.190 e. The Morgan fingerprint density at radius 2 is 2.14 bits per heavy atom. The molecule has 0 amide bonds. The molecule has 2 rings (SSSR count). The monoisotopic (exact) mass is 196 g/mol. The Kier molecular flexibility index (Phi) is 1.75. The molecule has 0 aromatic rings. The van der Waals surface area contributed by atoms with E-state index in [0.717, 1.165) is 18.6 Å². The minimum absolute atomic E-state index is 0.0370. The van der Waals surface area contributed by atoms with Crippen molar-refractivity contribution in [2.75, 3.05) is 0 Å². The third-order valence-electron chi connectivity index (χ3n) is 4.71. The van der Waals surface area contributed by atoms with E-state index in [2.05, 4.69) is 25.9 Å². The molecular weight excluding hydrogens is 180 g/mol. The van der Waals surface area contributed by atoms with E-state index in [0.29, 0.717) is 5.92 Å². The average Bonchev–Trinajstić information content (AvgIpc) is 2.35. The van der Waals surface area contributed by atoms with Crippen LogP contribution in [-0.2, 0) is 0 Å². The highest BCUT2D eigenvalue weighted by molar-refractivity contribution is 5.93. The molecular formula is C10H16N2O2. The third kappa shape index (κ3) is 0.967. The Morgan fingerprint density at radius 1 is 1.50 bits per heavy atom. The van der Waals surface area contributed by atoms with E-state index in [1.165, 1.54) is 6.42 Å². The van der Waals surface area contributed by atoms with Crippen LogP contribution in [-0.4, -0.2) is 10.7 Å². The summed E-state index contributed by atoms with van der Waals surface area (Å²) in [7, 11) is 0. The number of hydrogen-bond donors (Lipinski definition) is 0. The van der Waals surface area contributed by atoms with Crippen LogP contribution in [0.25, 0.3) is 0 Å². The molecule has 2 aliphatic carbocycles. The van der Waals surface area contributed by atoms with Crippen molar-refractivity contribution in [1.29, 1.82) is 0 Å². The van der Waals surface area contributed by atoms with Gasteiger partial charge in [0.1, 0.15) is 0 Å². The molecule has 0 aromatic carbocycles. The fourth-order valence-electron chi connectivity index (χ4n) is 3.18. The van der Waals surface area contributed by atoms with Gasteiger partial charge in [-0.3, -0.25) is 0 Å². The number of fused-ring (bicyclic) bond motifs is 2. The van der Waals surface area contributed by atoms with Crippen molar-refractivity contribution in [3.05, 3.63) is 10.1 Å². The highest BCUT2D eigenvalue weighted by Gasteiger charge is 2.61. The number of nitro groups is 1. The van der Waals surface area contributed by atoms with Crippen molar-refractivity contribution >= 4 is 5.71 Å². The second-order valence-electron chi connectivity index (χ2n) is 5.28. The van der Waals surface area contributed by atoms with E-state index in [1.807, 2.05) is 0 Å². The largest absolute Gasteiger partial charge is 0.233 e. The standard InChI is InChI=1S/C10H16N2O2/c1-9(2)7-4-5-10(9,3)8(6-7)11-12(13)14/h7H,4-6H2,1-3H3/b11-8+.